The zero-order valence-electron chi connectivity index (χ0n) is 10.2. The Hall–Kier alpha value is -0.955. The summed E-state index contributed by atoms with van der Waals surface area (Å²) in [5.41, 5.74) is 3.41. The quantitative estimate of drug-likeness (QED) is 0.838. The van der Waals surface area contributed by atoms with Gasteiger partial charge in [-0.1, -0.05) is 47.5 Å². The van der Waals surface area contributed by atoms with Crippen LogP contribution in [0.5, 0.6) is 0 Å². The van der Waals surface area contributed by atoms with Crippen LogP contribution in [0.2, 0.25) is 10.0 Å². The third-order valence-corrected chi connectivity index (χ3v) is 4.03. The van der Waals surface area contributed by atoms with Gasteiger partial charge in [-0.05, 0) is 48.0 Å². The van der Waals surface area contributed by atoms with Crippen molar-refractivity contribution >= 4 is 41.0 Å². The Bertz CT molecular complexity index is 533. The van der Waals surface area contributed by atoms with E-state index in [1.807, 2.05) is 50.2 Å². The minimum atomic E-state index is -0.706. The summed E-state index contributed by atoms with van der Waals surface area (Å²) in [5.74, 6) is 0. The van der Waals surface area contributed by atoms with Crippen molar-refractivity contribution < 1.29 is 5.02 Å². The summed E-state index contributed by atoms with van der Waals surface area (Å²) in [7, 11) is 0. The average molecular weight is 279 g/mol. The lowest BCUT2D eigenvalue weighted by molar-refractivity contribution is 0.599. The lowest BCUT2D eigenvalue weighted by Crippen LogP contribution is -2.45. The van der Waals surface area contributed by atoms with Gasteiger partial charge in [0.15, 0.2) is 0 Å². The Kier molecular flexibility index (Phi) is 4.01. The summed E-state index contributed by atoms with van der Waals surface area (Å²) in [5, 5.41) is 11.8. The van der Waals surface area contributed by atoms with E-state index in [1.54, 1.807) is 0 Å². The second-order valence-corrected chi connectivity index (χ2v) is 5.13. The highest BCUT2D eigenvalue weighted by Gasteiger charge is 2.22. The first-order valence-electron chi connectivity index (χ1n) is 5.70. The van der Waals surface area contributed by atoms with Gasteiger partial charge in [0, 0.05) is 10.0 Å². The van der Waals surface area contributed by atoms with Crippen molar-refractivity contribution in [1.29, 1.82) is 0 Å². The molecule has 0 bridgehead atoms. The molecule has 18 heavy (non-hydrogen) atoms. The van der Waals surface area contributed by atoms with E-state index in [1.165, 1.54) is 0 Å². The molecular formula is C14H13BCl2O. The van der Waals surface area contributed by atoms with E-state index in [0.717, 1.165) is 22.1 Å². The van der Waals surface area contributed by atoms with Crippen LogP contribution in [0, 0.1) is 13.8 Å². The third-order valence-electron chi connectivity index (χ3n) is 3.21. The van der Waals surface area contributed by atoms with Crippen LogP contribution in [0.1, 0.15) is 11.1 Å². The smallest absolute Gasteiger partial charge is 0.359 e. The normalized spacial score (nSPS) is 10.5. The molecule has 0 amide bonds. The summed E-state index contributed by atoms with van der Waals surface area (Å²) >= 11 is 12.2. The zero-order chi connectivity index (χ0) is 13.3. The molecule has 2 aromatic rings. The Morgan fingerprint density at radius 3 is 1.61 bits per heavy atom. The Morgan fingerprint density at radius 1 is 0.833 bits per heavy atom. The molecule has 0 aliphatic heterocycles. The fourth-order valence-electron chi connectivity index (χ4n) is 2.01. The fourth-order valence-corrected chi connectivity index (χ4v) is 2.37. The van der Waals surface area contributed by atoms with E-state index < -0.39 is 6.92 Å². The molecule has 0 saturated carbocycles. The third kappa shape index (κ3) is 2.42. The highest BCUT2D eigenvalue weighted by atomic mass is 35.5. The number of hydrogen-bond acceptors (Lipinski definition) is 1. The van der Waals surface area contributed by atoms with Gasteiger partial charge in [0.05, 0.1) is 0 Å². The summed E-state index contributed by atoms with van der Waals surface area (Å²) in [4.78, 5) is 0. The number of hydrogen-bond donors (Lipinski definition) is 1. The molecule has 0 unspecified atom stereocenters. The van der Waals surface area contributed by atoms with E-state index in [-0.39, 0.29) is 0 Å². The molecule has 2 rings (SSSR count). The van der Waals surface area contributed by atoms with Gasteiger partial charge >= 0.3 is 6.92 Å². The van der Waals surface area contributed by atoms with Crippen LogP contribution in [0.3, 0.4) is 0 Å². The van der Waals surface area contributed by atoms with Crippen molar-refractivity contribution in [3.05, 3.63) is 57.6 Å². The van der Waals surface area contributed by atoms with Crippen LogP contribution in [-0.4, -0.2) is 11.9 Å². The molecule has 2 aromatic carbocycles. The van der Waals surface area contributed by atoms with E-state index >= 15 is 0 Å². The molecule has 0 aromatic heterocycles. The molecule has 0 fully saturated rings. The maximum Gasteiger partial charge on any atom is 0.359 e. The first-order chi connectivity index (χ1) is 8.52. The van der Waals surface area contributed by atoms with Crippen LogP contribution in [0.25, 0.3) is 0 Å². The minimum Gasteiger partial charge on any atom is -0.443 e. The summed E-state index contributed by atoms with van der Waals surface area (Å²) in [6.07, 6.45) is 0. The lowest BCUT2D eigenvalue weighted by Gasteiger charge is -2.14. The maximum absolute atomic E-state index is 10.5. The van der Waals surface area contributed by atoms with Crippen LogP contribution in [0.4, 0.5) is 0 Å². The van der Waals surface area contributed by atoms with E-state index in [9.17, 15) is 5.02 Å². The van der Waals surface area contributed by atoms with Gasteiger partial charge in [-0.25, -0.2) is 0 Å². The summed E-state index contributed by atoms with van der Waals surface area (Å²) in [6.45, 7) is 3.10. The van der Waals surface area contributed by atoms with Crippen molar-refractivity contribution in [2.45, 2.75) is 13.8 Å². The van der Waals surface area contributed by atoms with Crippen molar-refractivity contribution in [3.8, 4) is 0 Å². The molecule has 0 saturated heterocycles. The van der Waals surface area contributed by atoms with Gasteiger partial charge in [0.1, 0.15) is 0 Å². The van der Waals surface area contributed by atoms with Crippen LogP contribution in [0.15, 0.2) is 36.4 Å². The molecule has 0 radical (unpaired) electrons. The van der Waals surface area contributed by atoms with Gasteiger partial charge < -0.3 is 5.02 Å². The molecule has 92 valence electrons. The molecule has 0 atom stereocenters. The highest BCUT2D eigenvalue weighted by Crippen LogP contribution is 2.15. The van der Waals surface area contributed by atoms with Gasteiger partial charge in [-0.3, -0.25) is 0 Å². The predicted molar refractivity (Wildman–Crippen MR) is 79.6 cm³/mol. The zero-order valence-corrected chi connectivity index (χ0v) is 11.8. The molecule has 4 heteroatoms. The largest absolute Gasteiger partial charge is 0.443 e. The van der Waals surface area contributed by atoms with E-state index in [0.29, 0.717) is 10.0 Å². The van der Waals surface area contributed by atoms with Crippen molar-refractivity contribution in [2.75, 3.05) is 0 Å². The predicted octanol–water partition coefficient (Wildman–Crippen LogP) is 2.71. The molecule has 0 aliphatic rings. The van der Waals surface area contributed by atoms with Crippen molar-refractivity contribution in [3.63, 3.8) is 0 Å². The summed E-state index contributed by atoms with van der Waals surface area (Å²) < 4.78 is 0. The van der Waals surface area contributed by atoms with Crippen LogP contribution in [-0.2, 0) is 0 Å². The molecule has 0 spiro atoms. The Balaban J connectivity index is 2.51. The second kappa shape index (κ2) is 5.35. The number of benzene rings is 2. The monoisotopic (exact) mass is 278 g/mol. The van der Waals surface area contributed by atoms with Crippen molar-refractivity contribution in [1.82, 2.24) is 0 Å². The van der Waals surface area contributed by atoms with E-state index in [2.05, 4.69) is 0 Å². The topological polar surface area (TPSA) is 20.2 Å². The highest BCUT2D eigenvalue weighted by molar-refractivity contribution is 6.80. The van der Waals surface area contributed by atoms with Crippen LogP contribution >= 0.6 is 23.2 Å². The Morgan fingerprint density at radius 2 is 1.22 bits per heavy atom. The fraction of sp³-hybridized carbons (Fsp3) is 0.143. The standard InChI is InChI=1S/C14H13BCl2O/c1-9-11(5-3-7-13(9)16)15(18)12-6-4-8-14(17)10(12)2/h3-8,18H,1-2H3. The first-order valence-corrected chi connectivity index (χ1v) is 6.46. The second-order valence-electron chi connectivity index (χ2n) is 4.31. The van der Waals surface area contributed by atoms with Gasteiger partial charge in [0.25, 0.3) is 0 Å². The SMILES string of the molecule is Cc1c(Cl)cccc1B(O)c1cccc(Cl)c1C. The molecule has 0 heterocycles. The molecular weight excluding hydrogens is 266 g/mol. The van der Waals surface area contributed by atoms with Gasteiger partial charge in [-0.2, -0.15) is 0 Å². The molecule has 1 nitrogen and oxygen atoms in total. The Labute approximate surface area is 117 Å². The number of halogens is 2. The molecule has 1 N–H and O–H groups in total. The van der Waals surface area contributed by atoms with E-state index in [4.69, 9.17) is 23.2 Å². The maximum atomic E-state index is 10.5. The summed E-state index contributed by atoms with van der Waals surface area (Å²) in [6, 6.07) is 11.1. The average Bonchev–Trinajstić information content (AvgIpc) is 2.35. The first kappa shape index (κ1) is 13.5. The van der Waals surface area contributed by atoms with Gasteiger partial charge in [0.2, 0.25) is 0 Å². The lowest BCUT2D eigenvalue weighted by atomic mass is 9.53. The minimum absolute atomic E-state index is 0.659. The number of rotatable bonds is 2. The van der Waals surface area contributed by atoms with Crippen LogP contribution < -0.4 is 10.9 Å². The molecule has 0 aliphatic carbocycles. The van der Waals surface area contributed by atoms with Gasteiger partial charge in [-0.15, -0.1) is 0 Å². The van der Waals surface area contributed by atoms with Crippen molar-refractivity contribution in [2.24, 2.45) is 0 Å².